The molecule has 0 bridgehead atoms. The summed E-state index contributed by atoms with van der Waals surface area (Å²) in [6, 6.07) is 20.7. The average Bonchev–Trinajstić information content (AvgIpc) is 3.31. The van der Waals surface area contributed by atoms with E-state index in [1.165, 1.54) is 0 Å². The van der Waals surface area contributed by atoms with Crippen LogP contribution in [0, 0.1) is 0 Å². The molecule has 2 aromatic heterocycles. The Labute approximate surface area is 174 Å². The van der Waals surface area contributed by atoms with Crippen LogP contribution in [0.4, 0.5) is 0 Å². The third-order valence-corrected chi connectivity index (χ3v) is 4.85. The van der Waals surface area contributed by atoms with Crippen LogP contribution in [0.5, 0.6) is 11.5 Å². The number of nitrogens with zero attached hydrogens (tertiary/aromatic N) is 2. The van der Waals surface area contributed by atoms with E-state index in [1.807, 2.05) is 60.7 Å². The van der Waals surface area contributed by atoms with Crippen molar-refractivity contribution in [1.82, 2.24) is 9.88 Å². The van der Waals surface area contributed by atoms with Gasteiger partial charge in [0.25, 0.3) is 5.91 Å². The van der Waals surface area contributed by atoms with Crippen LogP contribution in [0.2, 0.25) is 0 Å². The van der Waals surface area contributed by atoms with Crippen LogP contribution >= 0.6 is 0 Å². The number of carbonyl (C=O) groups is 1. The molecule has 0 saturated heterocycles. The summed E-state index contributed by atoms with van der Waals surface area (Å²) in [7, 11) is 3.18. The van der Waals surface area contributed by atoms with Crippen LogP contribution in [0.25, 0.3) is 10.9 Å². The molecule has 1 amide bonds. The maximum atomic E-state index is 13.4. The van der Waals surface area contributed by atoms with Gasteiger partial charge in [0.2, 0.25) is 0 Å². The Morgan fingerprint density at radius 2 is 1.77 bits per heavy atom. The Bertz CT molecular complexity index is 1160. The molecule has 0 spiro atoms. The molecule has 0 fully saturated rings. The van der Waals surface area contributed by atoms with Gasteiger partial charge in [0.05, 0.1) is 32.5 Å². The van der Waals surface area contributed by atoms with Gasteiger partial charge in [0.15, 0.2) is 11.5 Å². The molecule has 6 nitrogen and oxygen atoms in total. The van der Waals surface area contributed by atoms with Crippen molar-refractivity contribution < 1.29 is 18.7 Å². The van der Waals surface area contributed by atoms with E-state index in [2.05, 4.69) is 4.98 Å². The Balaban J connectivity index is 1.65. The SMILES string of the molecule is COc1ccc(CN(Cc2ccco2)C(=O)c2ccc3ccccc3n2)cc1OC. The number of hydrogen-bond donors (Lipinski definition) is 0. The minimum atomic E-state index is -0.174. The van der Waals surface area contributed by atoms with Gasteiger partial charge < -0.3 is 18.8 Å². The zero-order valence-electron chi connectivity index (χ0n) is 16.9. The third-order valence-electron chi connectivity index (χ3n) is 4.85. The van der Waals surface area contributed by atoms with E-state index in [-0.39, 0.29) is 5.91 Å². The molecule has 30 heavy (non-hydrogen) atoms. The number of fused-ring (bicyclic) bond motifs is 1. The van der Waals surface area contributed by atoms with Gasteiger partial charge in [0.1, 0.15) is 11.5 Å². The molecule has 0 aliphatic rings. The second-order valence-corrected chi connectivity index (χ2v) is 6.82. The van der Waals surface area contributed by atoms with E-state index >= 15 is 0 Å². The van der Waals surface area contributed by atoms with Crippen molar-refractivity contribution in [2.75, 3.05) is 14.2 Å². The molecule has 152 valence electrons. The molecular formula is C24H22N2O4. The first kappa shape index (κ1) is 19.5. The molecule has 2 aromatic carbocycles. The number of amides is 1. The second-order valence-electron chi connectivity index (χ2n) is 6.82. The van der Waals surface area contributed by atoms with Crippen LogP contribution < -0.4 is 9.47 Å². The summed E-state index contributed by atoms with van der Waals surface area (Å²) in [5.41, 5.74) is 2.08. The first-order valence-corrected chi connectivity index (χ1v) is 9.56. The molecule has 0 N–H and O–H groups in total. The van der Waals surface area contributed by atoms with Crippen molar-refractivity contribution in [2.45, 2.75) is 13.1 Å². The van der Waals surface area contributed by atoms with Crippen molar-refractivity contribution >= 4 is 16.8 Å². The summed E-state index contributed by atoms with van der Waals surface area (Å²) in [4.78, 5) is 19.6. The highest BCUT2D eigenvalue weighted by Crippen LogP contribution is 2.28. The normalized spacial score (nSPS) is 10.7. The Kier molecular flexibility index (Phi) is 5.66. The van der Waals surface area contributed by atoms with E-state index in [1.54, 1.807) is 31.4 Å². The summed E-state index contributed by atoms with van der Waals surface area (Å²) in [5, 5.41) is 0.992. The summed E-state index contributed by atoms with van der Waals surface area (Å²) in [6.45, 7) is 0.697. The summed E-state index contributed by atoms with van der Waals surface area (Å²) in [5.74, 6) is 1.78. The van der Waals surface area contributed by atoms with Gasteiger partial charge in [-0.05, 0) is 42.0 Å². The van der Waals surface area contributed by atoms with Crippen LogP contribution in [-0.2, 0) is 13.1 Å². The van der Waals surface area contributed by atoms with Crippen molar-refractivity contribution in [3.63, 3.8) is 0 Å². The minimum Gasteiger partial charge on any atom is -0.493 e. The number of pyridine rings is 1. The number of carbonyl (C=O) groups excluding carboxylic acids is 1. The topological polar surface area (TPSA) is 64.8 Å². The molecule has 4 aromatic rings. The lowest BCUT2D eigenvalue weighted by Crippen LogP contribution is -2.30. The van der Waals surface area contributed by atoms with Gasteiger partial charge in [-0.15, -0.1) is 0 Å². The number of ether oxygens (including phenoxy) is 2. The standard InChI is InChI=1S/C24H22N2O4/c1-28-22-12-9-17(14-23(22)29-2)15-26(16-19-7-5-13-30-19)24(27)21-11-10-18-6-3-4-8-20(18)25-21/h3-14H,15-16H2,1-2H3. The quantitative estimate of drug-likeness (QED) is 0.449. The molecule has 4 rings (SSSR count). The number of para-hydroxylation sites is 1. The van der Waals surface area contributed by atoms with Crippen molar-refractivity contribution in [1.29, 1.82) is 0 Å². The van der Waals surface area contributed by atoms with E-state index in [9.17, 15) is 4.79 Å². The highest BCUT2D eigenvalue weighted by Gasteiger charge is 2.20. The maximum Gasteiger partial charge on any atom is 0.273 e. The lowest BCUT2D eigenvalue weighted by molar-refractivity contribution is 0.0712. The molecule has 0 saturated carbocycles. The monoisotopic (exact) mass is 402 g/mol. The molecular weight excluding hydrogens is 380 g/mol. The van der Waals surface area contributed by atoms with E-state index < -0.39 is 0 Å². The molecule has 0 aliphatic heterocycles. The molecule has 0 aliphatic carbocycles. The van der Waals surface area contributed by atoms with Crippen molar-refractivity contribution in [3.05, 3.63) is 90.0 Å². The molecule has 2 heterocycles. The van der Waals surface area contributed by atoms with Crippen molar-refractivity contribution in [2.24, 2.45) is 0 Å². The smallest absolute Gasteiger partial charge is 0.273 e. The van der Waals surface area contributed by atoms with Crippen LogP contribution in [0.3, 0.4) is 0 Å². The molecule has 0 unspecified atom stereocenters. The summed E-state index contributed by atoms with van der Waals surface area (Å²) >= 11 is 0. The largest absolute Gasteiger partial charge is 0.493 e. The maximum absolute atomic E-state index is 13.4. The number of benzene rings is 2. The second kappa shape index (κ2) is 8.69. The van der Waals surface area contributed by atoms with Gasteiger partial charge in [0, 0.05) is 11.9 Å². The van der Waals surface area contributed by atoms with E-state index in [4.69, 9.17) is 13.9 Å². The number of aromatic nitrogens is 1. The fraction of sp³-hybridized carbons (Fsp3) is 0.167. The first-order valence-electron chi connectivity index (χ1n) is 9.56. The zero-order valence-corrected chi connectivity index (χ0v) is 16.9. The summed E-state index contributed by atoms with van der Waals surface area (Å²) in [6.07, 6.45) is 1.60. The Hall–Kier alpha value is -3.80. The van der Waals surface area contributed by atoms with Gasteiger partial charge in [-0.2, -0.15) is 0 Å². The van der Waals surface area contributed by atoms with Crippen molar-refractivity contribution in [3.8, 4) is 11.5 Å². The average molecular weight is 402 g/mol. The lowest BCUT2D eigenvalue weighted by Gasteiger charge is -2.22. The predicted molar refractivity (Wildman–Crippen MR) is 114 cm³/mol. The predicted octanol–water partition coefficient (Wildman–Crippen LogP) is 4.69. The fourth-order valence-electron chi connectivity index (χ4n) is 3.34. The van der Waals surface area contributed by atoms with Crippen LogP contribution in [0.15, 0.2) is 77.4 Å². The van der Waals surface area contributed by atoms with Gasteiger partial charge >= 0.3 is 0 Å². The highest BCUT2D eigenvalue weighted by atomic mass is 16.5. The zero-order chi connectivity index (χ0) is 20.9. The Morgan fingerprint density at radius 1 is 0.933 bits per heavy atom. The van der Waals surface area contributed by atoms with E-state index in [0.717, 1.165) is 16.5 Å². The Morgan fingerprint density at radius 3 is 2.53 bits per heavy atom. The van der Waals surface area contributed by atoms with Gasteiger partial charge in [-0.25, -0.2) is 4.98 Å². The molecule has 0 radical (unpaired) electrons. The van der Waals surface area contributed by atoms with Crippen LogP contribution in [-0.4, -0.2) is 30.0 Å². The third kappa shape index (κ3) is 4.12. The lowest BCUT2D eigenvalue weighted by atomic mass is 10.1. The number of rotatable bonds is 7. The van der Waals surface area contributed by atoms with Gasteiger partial charge in [-0.1, -0.05) is 30.3 Å². The van der Waals surface area contributed by atoms with E-state index in [0.29, 0.717) is 36.0 Å². The summed E-state index contributed by atoms with van der Waals surface area (Å²) < 4.78 is 16.2. The highest BCUT2D eigenvalue weighted by molar-refractivity contribution is 5.94. The number of methoxy groups -OCH3 is 2. The number of hydrogen-bond acceptors (Lipinski definition) is 5. The first-order chi connectivity index (χ1) is 14.7. The molecule has 6 heteroatoms. The minimum absolute atomic E-state index is 0.174. The molecule has 0 atom stereocenters. The number of furan rings is 1. The van der Waals surface area contributed by atoms with Crippen LogP contribution in [0.1, 0.15) is 21.8 Å². The fourth-order valence-corrected chi connectivity index (χ4v) is 3.34. The van der Waals surface area contributed by atoms with Gasteiger partial charge in [-0.3, -0.25) is 4.79 Å².